The summed E-state index contributed by atoms with van der Waals surface area (Å²) in [5, 5.41) is 0.404. The summed E-state index contributed by atoms with van der Waals surface area (Å²) in [6, 6.07) is 5.01. The zero-order chi connectivity index (χ0) is 12.7. The summed E-state index contributed by atoms with van der Waals surface area (Å²) in [5.41, 5.74) is 0.384. The number of hydrogen-bond acceptors (Lipinski definition) is 3. The second-order valence-corrected chi connectivity index (χ2v) is 4.78. The number of esters is 1. The van der Waals surface area contributed by atoms with Gasteiger partial charge in [-0.3, -0.25) is 0 Å². The number of ether oxygens (including phenoxy) is 1. The normalized spacial score (nSPS) is 10.3. The van der Waals surface area contributed by atoms with Crippen molar-refractivity contribution >= 4 is 30.2 Å². The van der Waals surface area contributed by atoms with Gasteiger partial charge < -0.3 is 4.74 Å². The van der Waals surface area contributed by atoms with Crippen LogP contribution in [-0.4, -0.2) is 12.6 Å². The summed E-state index contributed by atoms with van der Waals surface area (Å²) in [4.78, 5) is 12.4. The van der Waals surface area contributed by atoms with Crippen molar-refractivity contribution in [1.29, 1.82) is 0 Å². The molecule has 0 amide bonds. The molecule has 1 aromatic carbocycles. The second kappa shape index (κ2) is 7.62. The van der Waals surface area contributed by atoms with Gasteiger partial charge in [0.25, 0.3) is 0 Å². The monoisotopic (exact) mass is 272 g/mol. The highest BCUT2D eigenvalue weighted by Crippen LogP contribution is 2.20. The van der Waals surface area contributed by atoms with Crippen LogP contribution in [0.1, 0.15) is 43.0 Å². The Morgan fingerprint density at radius 2 is 2.12 bits per heavy atom. The molecule has 0 aliphatic rings. The molecule has 4 heteroatoms. The molecule has 0 N–H and O–H groups in total. The van der Waals surface area contributed by atoms with Crippen LogP contribution in [0, 0.1) is 0 Å². The summed E-state index contributed by atoms with van der Waals surface area (Å²) in [6.45, 7) is 2.59. The number of thiol groups is 1. The minimum Gasteiger partial charge on any atom is -0.462 e. The lowest BCUT2D eigenvalue weighted by Crippen LogP contribution is -2.07. The van der Waals surface area contributed by atoms with E-state index in [9.17, 15) is 4.79 Å². The SMILES string of the molecule is CCCCCCOC(=O)c1cc(S)ccc1Cl. The lowest BCUT2D eigenvalue weighted by molar-refractivity contribution is 0.0497. The minimum absolute atomic E-state index is 0.373. The number of carbonyl (C=O) groups is 1. The molecule has 0 unspecified atom stereocenters. The van der Waals surface area contributed by atoms with Crippen molar-refractivity contribution in [3.8, 4) is 0 Å². The number of benzene rings is 1. The summed E-state index contributed by atoms with van der Waals surface area (Å²) >= 11 is 10.1. The van der Waals surface area contributed by atoms with E-state index in [2.05, 4.69) is 19.6 Å². The maximum atomic E-state index is 11.7. The predicted octanol–water partition coefficient (Wildman–Crippen LogP) is 4.37. The van der Waals surface area contributed by atoms with E-state index < -0.39 is 0 Å². The third-order valence-corrected chi connectivity index (χ3v) is 3.01. The summed E-state index contributed by atoms with van der Waals surface area (Å²) < 4.78 is 5.15. The van der Waals surface area contributed by atoms with Crippen LogP contribution in [0.3, 0.4) is 0 Å². The maximum absolute atomic E-state index is 11.7. The molecule has 0 atom stereocenters. The lowest BCUT2D eigenvalue weighted by Gasteiger charge is -2.06. The Labute approximate surface area is 113 Å². The lowest BCUT2D eigenvalue weighted by atomic mass is 10.2. The van der Waals surface area contributed by atoms with Crippen LogP contribution >= 0.6 is 24.2 Å². The molecule has 1 aromatic rings. The number of hydrogen-bond donors (Lipinski definition) is 1. The number of rotatable bonds is 6. The molecular weight excluding hydrogens is 256 g/mol. The fourth-order valence-corrected chi connectivity index (χ4v) is 1.84. The topological polar surface area (TPSA) is 26.3 Å². The molecule has 0 aliphatic carbocycles. The fourth-order valence-electron chi connectivity index (χ4n) is 1.44. The van der Waals surface area contributed by atoms with E-state index in [4.69, 9.17) is 16.3 Å². The first-order valence-corrected chi connectivity index (χ1v) is 6.63. The predicted molar refractivity (Wildman–Crippen MR) is 73.1 cm³/mol. The number of halogens is 1. The van der Waals surface area contributed by atoms with E-state index >= 15 is 0 Å². The van der Waals surface area contributed by atoms with Crippen molar-refractivity contribution in [3.05, 3.63) is 28.8 Å². The summed E-state index contributed by atoms with van der Waals surface area (Å²) in [6.07, 6.45) is 4.33. The molecule has 2 nitrogen and oxygen atoms in total. The van der Waals surface area contributed by atoms with Gasteiger partial charge in [-0.25, -0.2) is 4.79 Å². The van der Waals surface area contributed by atoms with Crippen LogP contribution in [-0.2, 0) is 4.74 Å². The van der Waals surface area contributed by atoms with Crippen molar-refractivity contribution in [2.45, 2.75) is 37.5 Å². The highest BCUT2D eigenvalue weighted by molar-refractivity contribution is 7.80. The largest absolute Gasteiger partial charge is 0.462 e. The van der Waals surface area contributed by atoms with Gasteiger partial charge in [0.1, 0.15) is 0 Å². The standard InChI is InChI=1S/C13H17ClO2S/c1-2-3-4-5-8-16-13(15)11-9-10(17)6-7-12(11)14/h6-7,9,17H,2-5,8H2,1H3. The molecule has 0 aromatic heterocycles. The van der Waals surface area contributed by atoms with Crippen LogP contribution in [0.15, 0.2) is 23.1 Å². The molecule has 1 rings (SSSR count). The molecule has 0 aliphatic heterocycles. The van der Waals surface area contributed by atoms with Gasteiger partial charge in [-0.2, -0.15) is 0 Å². The Morgan fingerprint density at radius 3 is 2.82 bits per heavy atom. The highest BCUT2D eigenvalue weighted by Gasteiger charge is 2.11. The average molecular weight is 273 g/mol. The van der Waals surface area contributed by atoms with Gasteiger partial charge in [0, 0.05) is 4.90 Å². The van der Waals surface area contributed by atoms with E-state index in [1.807, 2.05) is 0 Å². The van der Waals surface area contributed by atoms with Crippen LogP contribution in [0.5, 0.6) is 0 Å². The Kier molecular flexibility index (Phi) is 6.45. The number of carbonyl (C=O) groups excluding carboxylic acids is 1. The van der Waals surface area contributed by atoms with Crippen molar-refractivity contribution in [3.63, 3.8) is 0 Å². The van der Waals surface area contributed by atoms with Crippen LogP contribution in [0.2, 0.25) is 5.02 Å². The third-order valence-electron chi connectivity index (χ3n) is 2.40. The third kappa shape index (κ3) is 5.00. The first-order chi connectivity index (χ1) is 8.15. The highest BCUT2D eigenvalue weighted by atomic mass is 35.5. The van der Waals surface area contributed by atoms with Crippen LogP contribution in [0.4, 0.5) is 0 Å². The molecule has 94 valence electrons. The van der Waals surface area contributed by atoms with Gasteiger partial charge in [0.2, 0.25) is 0 Å². The van der Waals surface area contributed by atoms with Gasteiger partial charge in [0.05, 0.1) is 17.2 Å². The van der Waals surface area contributed by atoms with E-state index in [-0.39, 0.29) is 5.97 Å². The van der Waals surface area contributed by atoms with E-state index in [0.717, 1.165) is 12.8 Å². The van der Waals surface area contributed by atoms with Crippen LogP contribution in [0.25, 0.3) is 0 Å². The maximum Gasteiger partial charge on any atom is 0.339 e. The molecule has 0 saturated heterocycles. The first-order valence-electron chi connectivity index (χ1n) is 5.80. The van der Waals surface area contributed by atoms with Gasteiger partial charge in [-0.15, -0.1) is 12.6 Å². The minimum atomic E-state index is -0.373. The van der Waals surface area contributed by atoms with Gasteiger partial charge in [-0.05, 0) is 24.6 Å². The first kappa shape index (κ1) is 14.4. The van der Waals surface area contributed by atoms with Crippen molar-refractivity contribution in [2.24, 2.45) is 0 Å². The Morgan fingerprint density at radius 1 is 1.35 bits per heavy atom. The van der Waals surface area contributed by atoms with Crippen molar-refractivity contribution in [1.82, 2.24) is 0 Å². The molecule has 0 fully saturated rings. The molecule has 0 bridgehead atoms. The number of unbranched alkanes of at least 4 members (excludes halogenated alkanes) is 3. The molecule has 0 heterocycles. The molecule has 0 radical (unpaired) electrons. The Hall–Kier alpha value is -0.670. The molecule has 0 saturated carbocycles. The molecular formula is C13H17ClO2S. The zero-order valence-electron chi connectivity index (χ0n) is 9.91. The van der Waals surface area contributed by atoms with E-state index in [1.165, 1.54) is 12.8 Å². The van der Waals surface area contributed by atoms with E-state index in [1.54, 1.807) is 18.2 Å². The summed E-state index contributed by atoms with van der Waals surface area (Å²) in [5.74, 6) is -0.373. The van der Waals surface area contributed by atoms with Crippen molar-refractivity contribution < 1.29 is 9.53 Å². The fraction of sp³-hybridized carbons (Fsp3) is 0.462. The van der Waals surface area contributed by atoms with Gasteiger partial charge >= 0.3 is 5.97 Å². The van der Waals surface area contributed by atoms with Gasteiger partial charge in [-0.1, -0.05) is 37.8 Å². The summed E-state index contributed by atoms with van der Waals surface area (Å²) in [7, 11) is 0. The van der Waals surface area contributed by atoms with Crippen molar-refractivity contribution in [2.75, 3.05) is 6.61 Å². The quantitative estimate of drug-likeness (QED) is 0.473. The van der Waals surface area contributed by atoms with E-state index in [0.29, 0.717) is 22.1 Å². The molecule has 17 heavy (non-hydrogen) atoms. The average Bonchev–Trinajstić information content (AvgIpc) is 2.32. The molecule has 0 spiro atoms. The second-order valence-electron chi connectivity index (χ2n) is 3.86. The smallest absolute Gasteiger partial charge is 0.339 e. The van der Waals surface area contributed by atoms with Gasteiger partial charge in [0.15, 0.2) is 0 Å². The van der Waals surface area contributed by atoms with Crippen LogP contribution < -0.4 is 0 Å². The Bertz CT molecular complexity index is 380. The zero-order valence-corrected chi connectivity index (χ0v) is 11.6. The Balaban J connectivity index is 2.44.